The molecular weight excluding hydrogens is 260 g/mol. The fraction of sp³-hybridized carbons (Fsp3) is 0.0769. The average molecular weight is 272 g/mol. The number of carbonyl (C=O) groups is 1. The first-order valence-electron chi connectivity index (χ1n) is 5.85. The lowest BCUT2D eigenvalue weighted by Crippen LogP contribution is -2.28. The molecule has 0 aliphatic carbocycles. The van der Waals surface area contributed by atoms with Crippen LogP contribution >= 0.6 is 0 Å². The van der Waals surface area contributed by atoms with Gasteiger partial charge in [0.15, 0.2) is 0 Å². The minimum absolute atomic E-state index is 0.149. The quantitative estimate of drug-likeness (QED) is 0.659. The predicted molar refractivity (Wildman–Crippen MR) is 73.2 cm³/mol. The Bertz CT molecular complexity index is 616. The molecule has 1 aromatic carbocycles. The van der Waals surface area contributed by atoms with Crippen molar-refractivity contribution in [2.75, 3.05) is 5.32 Å². The SMILES string of the molecule is O=C(NCc1ccccn1)Nc1ccccc1[N+](=O)[O-]. The van der Waals surface area contributed by atoms with Crippen molar-refractivity contribution in [2.45, 2.75) is 6.54 Å². The van der Waals surface area contributed by atoms with Crippen molar-refractivity contribution in [1.82, 2.24) is 10.3 Å². The van der Waals surface area contributed by atoms with Gasteiger partial charge in [0.25, 0.3) is 5.69 Å². The highest BCUT2D eigenvalue weighted by Crippen LogP contribution is 2.22. The van der Waals surface area contributed by atoms with Crippen LogP contribution in [0.2, 0.25) is 0 Å². The zero-order valence-electron chi connectivity index (χ0n) is 10.4. The predicted octanol–water partition coefficient (Wildman–Crippen LogP) is 2.31. The van der Waals surface area contributed by atoms with Gasteiger partial charge >= 0.3 is 6.03 Å². The van der Waals surface area contributed by atoms with E-state index in [1.807, 2.05) is 6.07 Å². The van der Waals surface area contributed by atoms with Crippen LogP contribution in [-0.4, -0.2) is 15.9 Å². The van der Waals surface area contributed by atoms with Gasteiger partial charge in [0, 0.05) is 12.3 Å². The van der Waals surface area contributed by atoms with Crippen LogP contribution in [0.15, 0.2) is 48.7 Å². The molecular formula is C13H12N4O3. The molecule has 0 unspecified atom stereocenters. The van der Waals surface area contributed by atoms with Gasteiger partial charge in [0.05, 0.1) is 17.2 Å². The Kier molecular flexibility index (Phi) is 4.23. The lowest BCUT2D eigenvalue weighted by Gasteiger charge is -2.07. The molecule has 0 spiro atoms. The highest BCUT2D eigenvalue weighted by molar-refractivity contribution is 5.91. The molecule has 1 heterocycles. The first-order valence-corrected chi connectivity index (χ1v) is 5.85. The minimum atomic E-state index is -0.547. The number of para-hydroxylation sites is 2. The fourth-order valence-corrected chi connectivity index (χ4v) is 1.58. The minimum Gasteiger partial charge on any atom is -0.332 e. The zero-order valence-corrected chi connectivity index (χ0v) is 10.4. The molecule has 0 atom stereocenters. The monoisotopic (exact) mass is 272 g/mol. The summed E-state index contributed by atoms with van der Waals surface area (Å²) in [7, 11) is 0. The van der Waals surface area contributed by atoms with Crippen molar-refractivity contribution in [1.29, 1.82) is 0 Å². The van der Waals surface area contributed by atoms with Crippen LogP contribution in [0.3, 0.4) is 0 Å². The third-order valence-corrected chi connectivity index (χ3v) is 2.51. The Balaban J connectivity index is 1.97. The van der Waals surface area contributed by atoms with Crippen LogP contribution in [0.25, 0.3) is 0 Å². The molecule has 2 N–H and O–H groups in total. The molecule has 0 radical (unpaired) electrons. The lowest BCUT2D eigenvalue weighted by atomic mass is 10.3. The van der Waals surface area contributed by atoms with Crippen molar-refractivity contribution in [3.63, 3.8) is 0 Å². The molecule has 0 saturated carbocycles. The highest BCUT2D eigenvalue weighted by atomic mass is 16.6. The van der Waals surface area contributed by atoms with Gasteiger partial charge in [-0.25, -0.2) is 4.79 Å². The van der Waals surface area contributed by atoms with Gasteiger partial charge in [0.1, 0.15) is 5.69 Å². The van der Waals surface area contributed by atoms with Gasteiger partial charge in [-0.2, -0.15) is 0 Å². The second kappa shape index (κ2) is 6.28. The lowest BCUT2D eigenvalue weighted by molar-refractivity contribution is -0.383. The number of anilines is 1. The number of amides is 2. The molecule has 0 bridgehead atoms. The number of carbonyl (C=O) groups excluding carboxylic acids is 1. The summed E-state index contributed by atoms with van der Waals surface area (Å²) in [5, 5.41) is 15.8. The van der Waals surface area contributed by atoms with Crippen LogP contribution in [0.5, 0.6) is 0 Å². The molecule has 1 aromatic heterocycles. The van der Waals surface area contributed by atoms with Crippen LogP contribution in [0, 0.1) is 10.1 Å². The maximum absolute atomic E-state index is 11.7. The van der Waals surface area contributed by atoms with Crippen LogP contribution in [-0.2, 0) is 6.54 Å². The van der Waals surface area contributed by atoms with E-state index >= 15 is 0 Å². The third-order valence-electron chi connectivity index (χ3n) is 2.51. The second-order valence-electron chi connectivity index (χ2n) is 3.90. The van der Waals surface area contributed by atoms with E-state index < -0.39 is 11.0 Å². The van der Waals surface area contributed by atoms with Gasteiger partial charge in [-0.1, -0.05) is 18.2 Å². The molecule has 7 nitrogen and oxygen atoms in total. The summed E-state index contributed by atoms with van der Waals surface area (Å²) in [6.45, 7) is 0.243. The largest absolute Gasteiger partial charge is 0.332 e. The number of nitro groups is 1. The summed E-state index contributed by atoms with van der Waals surface area (Å²) < 4.78 is 0. The topological polar surface area (TPSA) is 97.2 Å². The molecule has 7 heteroatoms. The van der Waals surface area contributed by atoms with Crippen molar-refractivity contribution in [3.8, 4) is 0 Å². The number of nitrogens with zero attached hydrogens (tertiary/aromatic N) is 2. The highest BCUT2D eigenvalue weighted by Gasteiger charge is 2.14. The second-order valence-corrected chi connectivity index (χ2v) is 3.90. The molecule has 0 aliphatic heterocycles. The summed E-state index contributed by atoms with van der Waals surface area (Å²) in [6, 6.07) is 10.8. The van der Waals surface area contributed by atoms with Gasteiger partial charge in [0.2, 0.25) is 0 Å². The van der Waals surface area contributed by atoms with E-state index in [9.17, 15) is 14.9 Å². The number of aromatic nitrogens is 1. The molecule has 0 saturated heterocycles. The smallest absolute Gasteiger partial charge is 0.319 e. The molecule has 0 fully saturated rings. The summed E-state index contributed by atoms with van der Waals surface area (Å²) in [5.74, 6) is 0. The van der Waals surface area contributed by atoms with Crippen LogP contribution in [0.4, 0.5) is 16.2 Å². The number of hydrogen-bond donors (Lipinski definition) is 2. The maximum atomic E-state index is 11.7. The normalized spacial score (nSPS) is 9.80. The Labute approximate surface area is 114 Å². The van der Waals surface area contributed by atoms with E-state index in [1.54, 1.807) is 24.4 Å². The van der Waals surface area contributed by atoms with E-state index in [4.69, 9.17) is 0 Å². The van der Waals surface area contributed by atoms with Gasteiger partial charge in [-0.3, -0.25) is 15.1 Å². The number of rotatable bonds is 4. The number of benzene rings is 1. The third kappa shape index (κ3) is 3.52. The Hall–Kier alpha value is -2.96. The van der Waals surface area contributed by atoms with Crippen molar-refractivity contribution in [3.05, 3.63) is 64.5 Å². The van der Waals surface area contributed by atoms with E-state index in [1.165, 1.54) is 18.2 Å². The van der Waals surface area contributed by atoms with Crippen molar-refractivity contribution < 1.29 is 9.72 Å². The Morgan fingerprint density at radius 2 is 1.95 bits per heavy atom. The summed E-state index contributed by atoms with van der Waals surface area (Å²) in [4.78, 5) is 26.0. The van der Waals surface area contributed by atoms with Gasteiger partial charge < -0.3 is 10.6 Å². The number of pyridine rings is 1. The maximum Gasteiger partial charge on any atom is 0.319 e. The van der Waals surface area contributed by atoms with E-state index in [0.29, 0.717) is 5.69 Å². The molecule has 2 amide bonds. The number of nitrogens with one attached hydrogen (secondary N) is 2. The summed E-state index contributed by atoms with van der Waals surface area (Å²) in [5.41, 5.74) is 0.696. The van der Waals surface area contributed by atoms with E-state index in [0.717, 1.165) is 0 Å². The zero-order chi connectivity index (χ0) is 14.4. The van der Waals surface area contributed by atoms with Crippen LogP contribution < -0.4 is 10.6 Å². The molecule has 0 aliphatic rings. The number of hydrogen-bond acceptors (Lipinski definition) is 4. The van der Waals surface area contributed by atoms with E-state index in [-0.39, 0.29) is 17.9 Å². The standard InChI is InChI=1S/C13H12N4O3/c18-13(15-9-10-5-3-4-8-14-10)16-11-6-1-2-7-12(11)17(19)20/h1-8H,9H2,(H2,15,16,18). The summed E-state index contributed by atoms with van der Waals surface area (Å²) >= 11 is 0. The molecule has 20 heavy (non-hydrogen) atoms. The first kappa shape index (κ1) is 13.5. The Morgan fingerprint density at radius 1 is 1.20 bits per heavy atom. The fourth-order valence-electron chi connectivity index (χ4n) is 1.58. The number of urea groups is 1. The van der Waals surface area contributed by atoms with Crippen LogP contribution in [0.1, 0.15) is 5.69 Å². The van der Waals surface area contributed by atoms with Gasteiger partial charge in [-0.15, -0.1) is 0 Å². The molecule has 2 aromatic rings. The molecule has 2 rings (SSSR count). The summed E-state index contributed by atoms with van der Waals surface area (Å²) in [6.07, 6.45) is 1.62. The van der Waals surface area contributed by atoms with E-state index in [2.05, 4.69) is 15.6 Å². The first-order chi connectivity index (χ1) is 9.66. The van der Waals surface area contributed by atoms with Crippen molar-refractivity contribution in [2.24, 2.45) is 0 Å². The number of nitro benzene ring substituents is 1. The van der Waals surface area contributed by atoms with Gasteiger partial charge in [-0.05, 0) is 18.2 Å². The molecule has 102 valence electrons. The average Bonchev–Trinajstić information content (AvgIpc) is 2.46. The Morgan fingerprint density at radius 3 is 2.65 bits per heavy atom. The van der Waals surface area contributed by atoms with Crippen molar-refractivity contribution >= 4 is 17.4 Å².